The molecule has 10 nitrogen and oxygen atoms in total. The van der Waals surface area contributed by atoms with Gasteiger partial charge in [0.25, 0.3) is 0 Å². The number of carbonyl (C=O) groups excluding carboxylic acids is 1. The van der Waals surface area contributed by atoms with Gasteiger partial charge < -0.3 is 19.5 Å². The molecule has 0 atom stereocenters. The summed E-state index contributed by atoms with van der Waals surface area (Å²) in [5.41, 5.74) is 7.69. The Labute approximate surface area is 229 Å². The number of nitrogens with zero attached hydrogens (tertiary/aromatic N) is 3. The quantitative estimate of drug-likeness (QED) is 0.160. The molecule has 4 rings (SSSR count). The number of methoxy groups -OCH3 is 3. The van der Waals surface area contributed by atoms with Crippen LogP contribution in [-0.4, -0.2) is 52.9 Å². The molecule has 3 N–H and O–H groups in total. The average Bonchev–Trinajstić information content (AvgIpc) is 3.39. The molecular formula is C26H26N6O4S2. The molecule has 196 valence electrons. The second-order valence-corrected chi connectivity index (χ2v) is 9.04. The molecule has 12 heteroatoms. The molecule has 0 aliphatic carbocycles. The zero-order valence-corrected chi connectivity index (χ0v) is 22.6. The molecule has 1 aromatic heterocycles. The Kier molecular flexibility index (Phi) is 9.01. The Balaban J connectivity index is 1.44. The van der Waals surface area contributed by atoms with Crippen molar-refractivity contribution in [2.45, 2.75) is 5.16 Å². The zero-order valence-electron chi connectivity index (χ0n) is 20.9. The summed E-state index contributed by atoms with van der Waals surface area (Å²) in [7, 11) is 4.76. The second kappa shape index (κ2) is 12.8. The number of para-hydroxylation sites is 1. The van der Waals surface area contributed by atoms with E-state index in [1.54, 1.807) is 33.5 Å². The number of anilines is 1. The van der Waals surface area contributed by atoms with E-state index in [2.05, 4.69) is 26.4 Å². The Morgan fingerprint density at radius 1 is 0.895 bits per heavy atom. The van der Waals surface area contributed by atoms with Crippen molar-refractivity contribution in [1.82, 2.24) is 25.6 Å². The van der Waals surface area contributed by atoms with Crippen molar-refractivity contribution < 1.29 is 19.0 Å². The van der Waals surface area contributed by atoms with Gasteiger partial charge in [-0.3, -0.25) is 20.2 Å². The summed E-state index contributed by atoms with van der Waals surface area (Å²) in [6.07, 6.45) is 0. The number of aromatic nitrogens is 3. The molecule has 0 aliphatic rings. The third-order valence-electron chi connectivity index (χ3n) is 5.29. The predicted molar refractivity (Wildman–Crippen MR) is 151 cm³/mol. The van der Waals surface area contributed by atoms with Crippen molar-refractivity contribution in [3.63, 3.8) is 0 Å². The molecule has 0 bridgehead atoms. The van der Waals surface area contributed by atoms with Crippen molar-refractivity contribution in [3.8, 4) is 34.3 Å². The van der Waals surface area contributed by atoms with Crippen LogP contribution < -0.4 is 30.4 Å². The van der Waals surface area contributed by atoms with E-state index in [0.29, 0.717) is 22.5 Å². The van der Waals surface area contributed by atoms with Gasteiger partial charge in [-0.1, -0.05) is 30.0 Å². The summed E-state index contributed by atoms with van der Waals surface area (Å²) in [4.78, 5) is 12.5. The lowest BCUT2D eigenvalue weighted by atomic mass is 10.2. The van der Waals surface area contributed by atoms with Gasteiger partial charge in [0, 0.05) is 16.9 Å². The SMILES string of the molecule is COc1ccc(NC(=S)NNC(=O)CSc2nnc(-c3ccc(OC)c(OC)c3)n2-c2ccccc2)cc1. The summed E-state index contributed by atoms with van der Waals surface area (Å²) < 4.78 is 17.8. The number of thioether (sulfide) groups is 1. The molecule has 0 saturated carbocycles. The Morgan fingerprint density at radius 2 is 1.63 bits per heavy atom. The van der Waals surface area contributed by atoms with Crippen LogP contribution in [0.2, 0.25) is 0 Å². The normalized spacial score (nSPS) is 10.4. The Bertz CT molecular complexity index is 1400. The maximum Gasteiger partial charge on any atom is 0.248 e. The lowest BCUT2D eigenvalue weighted by Gasteiger charge is -2.13. The molecule has 1 heterocycles. The van der Waals surface area contributed by atoms with Gasteiger partial charge in [0.15, 0.2) is 27.6 Å². The molecule has 0 fully saturated rings. The van der Waals surface area contributed by atoms with E-state index >= 15 is 0 Å². The predicted octanol–water partition coefficient (Wildman–Crippen LogP) is 4.07. The van der Waals surface area contributed by atoms with E-state index in [1.807, 2.05) is 65.2 Å². The van der Waals surface area contributed by atoms with Crippen LogP contribution in [0, 0.1) is 0 Å². The van der Waals surface area contributed by atoms with Gasteiger partial charge in [-0.15, -0.1) is 10.2 Å². The van der Waals surface area contributed by atoms with Gasteiger partial charge in [-0.05, 0) is 66.8 Å². The number of rotatable bonds is 9. The van der Waals surface area contributed by atoms with Gasteiger partial charge in [0.05, 0.1) is 27.1 Å². The highest BCUT2D eigenvalue weighted by Gasteiger charge is 2.19. The minimum absolute atomic E-state index is 0.0784. The smallest absolute Gasteiger partial charge is 0.248 e. The van der Waals surface area contributed by atoms with Crippen LogP contribution in [0.25, 0.3) is 17.1 Å². The number of hydrogen-bond donors (Lipinski definition) is 3. The lowest BCUT2D eigenvalue weighted by Crippen LogP contribution is -2.44. The van der Waals surface area contributed by atoms with Crippen molar-refractivity contribution in [1.29, 1.82) is 0 Å². The standard InChI is InChI=1S/C26H26N6O4S2/c1-34-20-12-10-18(11-13-20)27-25(37)30-28-23(33)16-38-26-31-29-24(32(26)19-7-5-4-6-8-19)17-9-14-21(35-2)22(15-17)36-3/h4-15H,16H2,1-3H3,(H,28,33)(H2,27,30,37). The number of benzene rings is 3. The van der Waals surface area contributed by atoms with E-state index in [4.69, 9.17) is 26.4 Å². The molecule has 0 unspecified atom stereocenters. The van der Waals surface area contributed by atoms with Crippen molar-refractivity contribution in [3.05, 3.63) is 72.8 Å². The first-order valence-electron chi connectivity index (χ1n) is 11.4. The van der Waals surface area contributed by atoms with Crippen LogP contribution in [0.15, 0.2) is 78.0 Å². The number of nitrogens with one attached hydrogen (secondary N) is 3. The third-order valence-corrected chi connectivity index (χ3v) is 6.42. The van der Waals surface area contributed by atoms with Gasteiger partial charge in [-0.25, -0.2) is 0 Å². The number of ether oxygens (including phenoxy) is 3. The first-order chi connectivity index (χ1) is 18.5. The number of hydrazine groups is 1. The summed E-state index contributed by atoms with van der Waals surface area (Å²) >= 11 is 6.50. The largest absolute Gasteiger partial charge is 0.497 e. The highest BCUT2D eigenvalue weighted by Crippen LogP contribution is 2.34. The number of thiocarbonyl (C=S) groups is 1. The fourth-order valence-corrected chi connectivity index (χ4v) is 4.39. The Hall–Kier alpha value is -4.29. The Morgan fingerprint density at radius 3 is 2.32 bits per heavy atom. The van der Waals surface area contributed by atoms with E-state index in [-0.39, 0.29) is 16.8 Å². The molecule has 0 aliphatic heterocycles. The first kappa shape index (κ1) is 26.8. The molecule has 3 aromatic carbocycles. The first-order valence-corrected chi connectivity index (χ1v) is 12.8. The van der Waals surface area contributed by atoms with Crippen LogP contribution in [0.5, 0.6) is 17.2 Å². The van der Waals surface area contributed by atoms with Crippen molar-refractivity contribution in [2.75, 3.05) is 32.4 Å². The van der Waals surface area contributed by atoms with E-state index < -0.39 is 0 Å². The minimum Gasteiger partial charge on any atom is -0.497 e. The van der Waals surface area contributed by atoms with E-state index in [9.17, 15) is 4.79 Å². The maximum atomic E-state index is 12.5. The van der Waals surface area contributed by atoms with Gasteiger partial charge in [0.1, 0.15) is 5.75 Å². The lowest BCUT2D eigenvalue weighted by molar-refractivity contribution is -0.119. The molecular weight excluding hydrogens is 524 g/mol. The molecule has 4 aromatic rings. The number of hydrogen-bond acceptors (Lipinski definition) is 8. The molecule has 0 saturated heterocycles. The van der Waals surface area contributed by atoms with Gasteiger partial charge >= 0.3 is 0 Å². The summed E-state index contributed by atoms with van der Waals surface area (Å²) in [6, 6.07) is 22.4. The highest BCUT2D eigenvalue weighted by atomic mass is 32.2. The topological polar surface area (TPSA) is 112 Å². The maximum absolute atomic E-state index is 12.5. The van der Waals surface area contributed by atoms with Gasteiger partial charge in [0.2, 0.25) is 5.91 Å². The van der Waals surface area contributed by atoms with Crippen LogP contribution in [0.4, 0.5) is 5.69 Å². The van der Waals surface area contributed by atoms with Crippen LogP contribution in [0.3, 0.4) is 0 Å². The molecule has 1 amide bonds. The fourth-order valence-electron chi connectivity index (χ4n) is 3.46. The second-order valence-electron chi connectivity index (χ2n) is 7.69. The van der Waals surface area contributed by atoms with Crippen molar-refractivity contribution in [2.24, 2.45) is 0 Å². The molecule has 0 radical (unpaired) electrons. The molecule has 0 spiro atoms. The summed E-state index contributed by atoms with van der Waals surface area (Å²) in [6.45, 7) is 0. The minimum atomic E-state index is -0.288. The van der Waals surface area contributed by atoms with Crippen LogP contribution in [-0.2, 0) is 4.79 Å². The highest BCUT2D eigenvalue weighted by molar-refractivity contribution is 7.99. The number of carbonyl (C=O) groups is 1. The summed E-state index contributed by atoms with van der Waals surface area (Å²) in [5, 5.41) is 12.6. The monoisotopic (exact) mass is 550 g/mol. The fraction of sp³-hybridized carbons (Fsp3) is 0.154. The summed E-state index contributed by atoms with van der Waals surface area (Å²) in [5.74, 6) is 2.31. The zero-order chi connectivity index (χ0) is 26.9. The van der Waals surface area contributed by atoms with Crippen LogP contribution >= 0.6 is 24.0 Å². The van der Waals surface area contributed by atoms with Gasteiger partial charge in [-0.2, -0.15) is 0 Å². The van der Waals surface area contributed by atoms with Crippen molar-refractivity contribution >= 4 is 40.7 Å². The average molecular weight is 551 g/mol. The van der Waals surface area contributed by atoms with E-state index in [1.165, 1.54) is 11.8 Å². The molecule has 38 heavy (non-hydrogen) atoms. The van der Waals surface area contributed by atoms with Crippen LogP contribution in [0.1, 0.15) is 0 Å². The van der Waals surface area contributed by atoms with E-state index in [0.717, 1.165) is 22.7 Å². The third kappa shape index (κ3) is 6.52. The number of amides is 1.